The molecule has 150 valence electrons. The molecule has 2 heterocycles. The molecule has 1 fully saturated rings. The van der Waals surface area contributed by atoms with Crippen molar-refractivity contribution in [3.8, 4) is 11.5 Å². The predicted octanol–water partition coefficient (Wildman–Crippen LogP) is 1.80. The number of carboxylic acids is 1. The molecule has 0 radical (unpaired) electrons. The monoisotopic (exact) mass is 390 g/mol. The SMILES string of the molecule is COc1cc(C(=O)N2CCOCC2C(=O)O)ccc1OCc1c(C)noc1C. The summed E-state index contributed by atoms with van der Waals surface area (Å²) in [4.78, 5) is 25.5. The topological polar surface area (TPSA) is 111 Å². The van der Waals surface area contributed by atoms with E-state index in [0.29, 0.717) is 29.4 Å². The number of methoxy groups -OCH3 is 1. The van der Waals surface area contributed by atoms with Crippen LogP contribution >= 0.6 is 0 Å². The molecule has 0 saturated carbocycles. The number of nitrogens with zero attached hydrogens (tertiary/aromatic N) is 2. The smallest absolute Gasteiger partial charge is 0.328 e. The van der Waals surface area contributed by atoms with Crippen molar-refractivity contribution in [1.82, 2.24) is 10.1 Å². The first-order valence-corrected chi connectivity index (χ1v) is 8.76. The first-order chi connectivity index (χ1) is 13.4. The molecule has 1 aromatic heterocycles. The second-order valence-corrected chi connectivity index (χ2v) is 6.38. The largest absolute Gasteiger partial charge is 0.493 e. The van der Waals surface area contributed by atoms with Crippen LogP contribution in [0, 0.1) is 13.8 Å². The number of aryl methyl sites for hydroxylation is 2. The third kappa shape index (κ3) is 3.94. The zero-order chi connectivity index (χ0) is 20.3. The zero-order valence-corrected chi connectivity index (χ0v) is 15.9. The minimum atomic E-state index is -1.10. The van der Waals surface area contributed by atoms with E-state index in [0.717, 1.165) is 11.3 Å². The Labute approximate surface area is 161 Å². The molecular formula is C19H22N2O7. The van der Waals surface area contributed by atoms with Crippen molar-refractivity contribution < 1.29 is 33.4 Å². The molecule has 1 aliphatic rings. The molecule has 1 atom stereocenters. The van der Waals surface area contributed by atoms with E-state index >= 15 is 0 Å². The molecule has 28 heavy (non-hydrogen) atoms. The number of carboxylic acid groups (broad SMARTS) is 1. The molecule has 1 aromatic carbocycles. The van der Waals surface area contributed by atoms with E-state index < -0.39 is 17.9 Å². The van der Waals surface area contributed by atoms with Gasteiger partial charge in [-0.25, -0.2) is 4.79 Å². The van der Waals surface area contributed by atoms with Gasteiger partial charge < -0.3 is 28.7 Å². The summed E-state index contributed by atoms with van der Waals surface area (Å²) in [6, 6.07) is 3.74. The Balaban J connectivity index is 1.78. The lowest BCUT2D eigenvalue weighted by Crippen LogP contribution is -2.52. The summed E-state index contributed by atoms with van der Waals surface area (Å²) in [5.41, 5.74) is 1.91. The number of aliphatic carboxylic acids is 1. The first-order valence-electron chi connectivity index (χ1n) is 8.76. The van der Waals surface area contributed by atoms with E-state index in [-0.39, 0.29) is 19.8 Å². The molecule has 1 amide bonds. The van der Waals surface area contributed by atoms with Crippen molar-refractivity contribution >= 4 is 11.9 Å². The second-order valence-electron chi connectivity index (χ2n) is 6.38. The predicted molar refractivity (Wildman–Crippen MR) is 96.6 cm³/mol. The number of aromatic nitrogens is 1. The van der Waals surface area contributed by atoms with Crippen molar-refractivity contribution in [1.29, 1.82) is 0 Å². The summed E-state index contributed by atoms with van der Waals surface area (Å²) in [6.45, 7) is 4.36. The third-order valence-electron chi connectivity index (χ3n) is 4.64. The quantitative estimate of drug-likeness (QED) is 0.795. The van der Waals surface area contributed by atoms with Gasteiger partial charge in [0.15, 0.2) is 17.5 Å². The zero-order valence-electron chi connectivity index (χ0n) is 15.9. The number of hydrogen-bond donors (Lipinski definition) is 1. The fourth-order valence-electron chi connectivity index (χ4n) is 2.99. The summed E-state index contributed by atoms with van der Waals surface area (Å²) in [5.74, 6) is 0.00885. The van der Waals surface area contributed by atoms with Crippen molar-refractivity contribution in [3.05, 3.63) is 40.8 Å². The lowest BCUT2D eigenvalue weighted by Gasteiger charge is -2.33. The number of hydrogen-bond acceptors (Lipinski definition) is 7. The van der Waals surface area contributed by atoms with E-state index in [2.05, 4.69) is 5.16 Å². The van der Waals surface area contributed by atoms with E-state index in [1.165, 1.54) is 12.0 Å². The summed E-state index contributed by atoms with van der Waals surface area (Å²) < 4.78 is 21.5. The average Bonchev–Trinajstić information content (AvgIpc) is 3.03. The Morgan fingerprint density at radius 1 is 1.32 bits per heavy atom. The Hall–Kier alpha value is -3.07. The normalized spacial score (nSPS) is 16.7. The highest BCUT2D eigenvalue weighted by Crippen LogP contribution is 2.30. The van der Waals surface area contributed by atoms with Gasteiger partial charge in [0.1, 0.15) is 12.4 Å². The van der Waals surface area contributed by atoms with Gasteiger partial charge in [-0.15, -0.1) is 0 Å². The molecule has 9 heteroatoms. The molecule has 1 aliphatic heterocycles. The number of ether oxygens (including phenoxy) is 3. The van der Waals surface area contributed by atoms with Gasteiger partial charge in [-0.3, -0.25) is 4.79 Å². The van der Waals surface area contributed by atoms with Gasteiger partial charge in [-0.1, -0.05) is 5.16 Å². The highest BCUT2D eigenvalue weighted by atomic mass is 16.5. The average molecular weight is 390 g/mol. The Bertz CT molecular complexity index is 858. The number of amides is 1. The van der Waals surface area contributed by atoms with Gasteiger partial charge >= 0.3 is 5.97 Å². The fraction of sp³-hybridized carbons (Fsp3) is 0.421. The standard InChI is InChI=1S/C19H22N2O7/c1-11-14(12(2)28-20-11)9-27-16-5-4-13(8-17(16)25-3)18(22)21-6-7-26-10-15(21)19(23)24/h4-5,8,15H,6-7,9-10H2,1-3H3,(H,23,24). The maximum absolute atomic E-state index is 12.8. The van der Waals surface area contributed by atoms with E-state index in [1.54, 1.807) is 25.1 Å². The van der Waals surface area contributed by atoms with Crippen LogP contribution in [0.15, 0.2) is 22.7 Å². The molecule has 0 bridgehead atoms. The van der Waals surface area contributed by atoms with Gasteiger partial charge in [0, 0.05) is 12.1 Å². The number of morpholine rings is 1. The van der Waals surface area contributed by atoms with Crippen LogP contribution in [-0.2, 0) is 16.1 Å². The van der Waals surface area contributed by atoms with Crippen molar-refractivity contribution in [2.45, 2.75) is 26.5 Å². The molecule has 0 spiro atoms. The van der Waals surface area contributed by atoms with Crippen LogP contribution in [0.3, 0.4) is 0 Å². The van der Waals surface area contributed by atoms with Gasteiger partial charge in [0.05, 0.1) is 31.6 Å². The molecule has 1 unspecified atom stereocenters. The molecular weight excluding hydrogens is 368 g/mol. The lowest BCUT2D eigenvalue weighted by molar-refractivity contribution is -0.147. The molecule has 3 rings (SSSR count). The Morgan fingerprint density at radius 2 is 2.11 bits per heavy atom. The Kier molecular flexibility index (Phi) is 5.84. The maximum atomic E-state index is 12.8. The van der Waals surface area contributed by atoms with Crippen molar-refractivity contribution in [3.63, 3.8) is 0 Å². The van der Waals surface area contributed by atoms with Gasteiger partial charge in [0.25, 0.3) is 5.91 Å². The minimum absolute atomic E-state index is 0.0309. The molecule has 0 aliphatic carbocycles. The van der Waals surface area contributed by atoms with E-state index in [4.69, 9.17) is 18.7 Å². The molecule has 1 N–H and O–H groups in total. The van der Waals surface area contributed by atoms with Gasteiger partial charge in [-0.2, -0.15) is 0 Å². The lowest BCUT2D eigenvalue weighted by atomic mass is 10.1. The van der Waals surface area contributed by atoms with Crippen LogP contribution in [0.25, 0.3) is 0 Å². The van der Waals surface area contributed by atoms with Crippen LogP contribution in [0.5, 0.6) is 11.5 Å². The maximum Gasteiger partial charge on any atom is 0.328 e. The van der Waals surface area contributed by atoms with Gasteiger partial charge in [0.2, 0.25) is 0 Å². The molecule has 9 nitrogen and oxygen atoms in total. The number of carbonyl (C=O) groups is 2. The molecule has 2 aromatic rings. The van der Waals surface area contributed by atoms with Crippen LogP contribution < -0.4 is 9.47 Å². The summed E-state index contributed by atoms with van der Waals surface area (Å²) >= 11 is 0. The van der Waals surface area contributed by atoms with E-state index in [9.17, 15) is 14.7 Å². The Morgan fingerprint density at radius 3 is 2.75 bits per heavy atom. The summed E-state index contributed by atoms with van der Waals surface area (Å²) in [7, 11) is 1.47. The minimum Gasteiger partial charge on any atom is -0.493 e. The third-order valence-corrected chi connectivity index (χ3v) is 4.64. The molecule has 1 saturated heterocycles. The van der Waals surface area contributed by atoms with E-state index in [1.807, 2.05) is 6.92 Å². The second kappa shape index (κ2) is 8.30. The van der Waals surface area contributed by atoms with Crippen LogP contribution in [0.1, 0.15) is 27.4 Å². The van der Waals surface area contributed by atoms with Crippen LogP contribution in [0.4, 0.5) is 0 Å². The summed E-state index contributed by atoms with van der Waals surface area (Å²) in [6.07, 6.45) is 0. The first kappa shape index (κ1) is 19.7. The van der Waals surface area contributed by atoms with Crippen molar-refractivity contribution in [2.24, 2.45) is 0 Å². The highest BCUT2D eigenvalue weighted by molar-refractivity contribution is 5.97. The number of benzene rings is 1. The van der Waals surface area contributed by atoms with Gasteiger partial charge in [-0.05, 0) is 32.0 Å². The van der Waals surface area contributed by atoms with Crippen LogP contribution in [0.2, 0.25) is 0 Å². The summed E-state index contributed by atoms with van der Waals surface area (Å²) in [5, 5.41) is 13.2. The van der Waals surface area contributed by atoms with Crippen molar-refractivity contribution in [2.75, 3.05) is 26.9 Å². The number of carbonyl (C=O) groups excluding carboxylic acids is 1. The van der Waals surface area contributed by atoms with Crippen LogP contribution in [-0.4, -0.2) is 59.9 Å². The fourth-order valence-corrected chi connectivity index (χ4v) is 2.99. The highest BCUT2D eigenvalue weighted by Gasteiger charge is 2.33. The number of rotatable bonds is 6.